The van der Waals surface area contributed by atoms with Gasteiger partial charge in [0, 0.05) is 18.7 Å². The molecule has 1 atom stereocenters. The van der Waals surface area contributed by atoms with Crippen molar-refractivity contribution < 1.29 is 5.11 Å². The smallest absolute Gasteiger partial charge is 0.114 e. The maximum absolute atomic E-state index is 9.33. The minimum absolute atomic E-state index is 0.209. The molecule has 3 heterocycles. The first-order chi connectivity index (χ1) is 7.88. The van der Waals surface area contributed by atoms with Gasteiger partial charge in [0.25, 0.3) is 0 Å². The molecule has 2 aromatic rings. The molecule has 0 fully saturated rings. The molecule has 4 heteroatoms. The fourth-order valence-electron chi connectivity index (χ4n) is 2.29. The molecule has 2 aromatic heterocycles. The highest BCUT2D eigenvalue weighted by Gasteiger charge is 2.22. The molecule has 16 heavy (non-hydrogen) atoms. The first-order valence-electron chi connectivity index (χ1n) is 5.60. The Kier molecular flexibility index (Phi) is 2.53. The van der Waals surface area contributed by atoms with Gasteiger partial charge in [0.15, 0.2) is 0 Å². The summed E-state index contributed by atoms with van der Waals surface area (Å²) in [6.07, 6.45) is 4.30. The Hall–Kier alpha value is -1.13. The molecule has 0 spiro atoms. The maximum Gasteiger partial charge on any atom is 0.114 e. The standard InChI is InChI=1S/C12H14N2OS/c15-8-9-3-1-5-14-7-10(13-12(9)14)11-4-2-6-16-11/h2,4,6-7,9,15H,1,3,5,8H2. The molecule has 3 rings (SSSR count). The molecule has 0 aliphatic carbocycles. The molecule has 1 N–H and O–H groups in total. The summed E-state index contributed by atoms with van der Waals surface area (Å²) < 4.78 is 2.19. The second-order valence-electron chi connectivity index (χ2n) is 4.18. The summed E-state index contributed by atoms with van der Waals surface area (Å²) in [5, 5.41) is 11.4. The summed E-state index contributed by atoms with van der Waals surface area (Å²) in [5.41, 5.74) is 1.05. The fourth-order valence-corrected chi connectivity index (χ4v) is 2.97. The Morgan fingerprint density at radius 2 is 2.50 bits per heavy atom. The van der Waals surface area contributed by atoms with Gasteiger partial charge < -0.3 is 9.67 Å². The quantitative estimate of drug-likeness (QED) is 0.867. The molecular weight excluding hydrogens is 220 g/mol. The van der Waals surface area contributed by atoms with Gasteiger partial charge in [-0.25, -0.2) is 4.98 Å². The lowest BCUT2D eigenvalue weighted by Crippen LogP contribution is -2.18. The zero-order valence-electron chi connectivity index (χ0n) is 8.97. The lowest BCUT2D eigenvalue weighted by molar-refractivity contribution is 0.238. The third kappa shape index (κ3) is 1.58. The normalized spacial score (nSPS) is 19.7. The van der Waals surface area contributed by atoms with Crippen LogP contribution in [0.15, 0.2) is 23.7 Å². The van der Waals surface area contributed by atoms with E-state index in [1.807, 2.05) is 6.07 Å². The van der Waals surface area contributed by atoms with Gasteiger partial charge in [-0.1, -0.05) is 6.07 Å². The Morgan fingerprint density at radius 1 is 1.56 bits per heavy atom. The van der Waals surface area contributed by atoms with E-state index in [2.05, 4.69) is 27.2 Å². The van der Waals surface area contributed by atoms with Gasteiger partial charge >= 0.3 is 0 Å². The van der Waals surface area contributed by atoms with Crippen molar-refractivity contribution in [1.29, 1.82) is 0 Å². The second kappa shape index (κ2) is 4.03. The summed E-state index contributed by atoms with van der Waals surface area (Å²) in [6, 6.07) is 4.13. The summed E-state index contributed by atoms with van der Waals surface area (Å²) in [5.74, 6) is 1.28. The van der Waals surface area contributed by atoms with E-state index in [1.54, 1.807) is 11.3 Å². The number of hydrogen-bond donors (Lipinski definition) is 1. The van der Waals surface area contributed by atoms with E-state index < -0.39 is 0 Å². The number of imidazole rings is 1. The third-order valence-electron chi connectivity index (χ3n) is 3.12. The van der Waals surface area contributed by atoms with Crippen molar-refractivity contribution in [3.8, 4) is 10.6 Å². The first kappa shape index (κ1) is 10.1. The average Bonchev–Trinajstić information content (AvgIpc) is 2.96. The number of fused-ring (bicyclic) bond motifs is 1. The third-order valence-corrected chi connectivity index (χ3v) is 4.01. The van der Waals surface area contributed by atoms with Gasteiger partial charge in [0.2, 0.25) is 0 Å². The second-order valence-corrected chi connectivity index (χ2v) is 5.12. The van der Waals surface area contributed by atoms with Crippen LogP contribution in [0.25, 0.3) is 10.6 Å². The number of aliphatic hydroxyl groups excluding tert-OH is 1. The van der Waals surface area contributed by atoms with Crippen LogP contribution in [0.3, 0.4) is 0 Å². The van der Waals surface area contributed by atoms with Crippen LogP contribution in [0.5, 0.6) is 0 Å². The number of rotatable bonds is 2. The average molecular weight is 234 g/mol. The van der Waals surface area contributed by atoms with Gasteiger partial charge in [0.1, 0.15) is 5.82 Å². The van der Waals surface area contributed by atoms with Crippen molar-refractivity contribution in [3.05, 3.63) is 29.5 Å². The van der Waals surface area contributed by atoms with E-state index in [-0.39, 0.29) is 12.5 Å². The van der Waals surface area contributed by atoms with Crippen LogP contribution >= 0.6 is 11.3 Å². The van der Waals surface area contributed by atoms with Crippen LogP contribution in [0.2, 0.25) is 0 Å². The van der Waals surface area contributed by atoms with Gasteiger partial charge in [-0.3, -0.25) is 0 Å². The Balaban J connectivity index is 2.02. The Morgan fingerprint density at radius 3 is 3.25 bits per heavy atom. The molecule has 0 radical (unpaired) electrons. The Labute approximate surface area is 98.4 Å². The highest BCUT2D eigenvalue weighted by Crippen LogP contribution is 2.30. The molecule has 0 amide bonds. The number of hydrogen-bond acceptors (Lipinski definition) is 3. The molecule has 0 bridgehead atoms. The summed E-state index contributed by atoms with van der Waals surface area (Å²) in [4.78, 5) is 5.87. The van der Waals surface area contributed by atoms with E-state index in [4.69, 9.17) is 0 Å². The zero-order valence-corrected chi connectivity index (χ0v) is 9.78. The predicted octanol–water partition coefficient (Wildman–Crippen LogP) is 2.48. The van der Waals surface area contributed by atoms with Crippen LogP contribution in [-0.4, -0.2) is 21.3 Å². The van der Waals surface area contributed by atoms with Gasteiger partial charge in [0.05, 0.1) is 17.2 Å². The number of thiophene rings is 1. The molecule has 84 valence electrons. The van der Waals surface area contributed by atoms with Crippen LogP contribution in [0.1, 0.15) is 24.6 Å². The fraction of sp³-hybridized carbons (Fsp3) is 0.417. The van der Waals surface area contributed by atoms with E-state index in [1.165, 1.54) is 4.88 Å². The van der Waals surface area contributed by atoms with Crippen molar-refractivity contribution in [2.75, 3.05) is 6.61 Å². The van der Waals surface area contributed by atoms with E-state index in [0.717, 1.165) is 30.9 Å². The van der Waals surface area contributed by atoms with Gasteiger partial charge in [-0.05, 0) is 24.3 Å². The Bertz CT molecular complexity index is 475. The number of aliphatic hydroxyl groups is 1. The van der Waals surface area contributed by atoms with Crippen molar-refractivity contribution in [1.82, 2.24) is 9.55 Å². The van der Waals surface area contributed by atoms with Crippen molar-refractivity contribution in [3.63, 3.8) is 0 Å². The van der Waals surface area contributed by atoms with Gasteiger partial charge in [-0.2, -0.15) is 0 Å². The molecular formula is C12H14N2OS. The largest absolute Gasteiger partial charge is 0.396 e. The van der Waals surface area contributed by atoms with Crippen molar-refractivity contribution >= 4 is 11.3 Å². The van der Waals surface area contributed by atoms with Crippen LogP contribution in [0.4, 0.5) is 0 Å². The predicted molar refractivity (Wildman–Crippen MR) is 64.6 cm³/mol. The van der Waals surface area contributed by atoms with E-state index >= 15 is 0 Å². The molecule has 1 unspecified atom stereocenters. The number of aryl methyl sites for hydroxylation is 1. The van der Waals surface area contributed by atoms with E-state index in [0.29, 0.717) is 0 Å². The summed E-state index contributed by atoms with van der Waals surface area (Å²) in [6.45, 7) is 1.24. The van der Waals surface area contributed by atoms with Crippen LogP contribution in [-0.2, 0) is 6.54 Å². The molecule has 1 aliphatic heterocycles. The first-order valence-corrected chi connectivity index (χ1v) is 6.48. The van der Waals surface area contributed by atoms with Crippen molar-refractivity contribution in [2.45, 2.75) is 25.3 Å². The molecule has 0 saturated carbocycles. The summed E-state index contributed by atoms with van der Waals surface area (Å²) >= 11 is 1.71. The molecule has 3 nitrogen and oxygen atoms in total. The van der Waals surface area contributed by atoms with Crippen molar-refractivity contribution in [2.24, 2.45) is 0 Å². The van der Waals surface area contributed by atoms with Crippen LogP contribution in [0, 0.1) is 0 Å². The van der Waals surface area contributed by atoms with E-state index in [9.17, 15) is 5.11 Å². The van der Waals surface area contributed by atoms with Crippen LogP contribution < -0.4 is 0 Å². The molecule has 0 saturated heterocycles. The lowest BCUT2D eigenvalue weighted by atomic mass is 10.0. The highest BCUT2D eigenvalue weighted by molar-refractivity contribution is 7.13. The number of aromatic nitrogens is 2. The highest BCUT2D eigenvalue weighted by atomic mass is 32.1. The minimum Gasteiger partial charge on any atom is -0.396 e. The molecule has 1 aliphatic rings. The zero-order chi connectivity index (χ0) is 11.0. The number of nitrogens with zero attached hydrogens (tertiary/aromatic N) is 2. The SMILES string of the molecule is OCC1CCCn2cc(-c3cccs3)nc21. The monoisotopic (exact) mass is 234 g/mol. The topological polar surface area (TPSA) is 38.0 Å². The summed E-state index contributed by atoms with van der Waals surface area (Å²) in [7, 11) is 0. The maximum atomic E-state index is 9.33. The molecule has 0 aromatic carbocycles. The van der Waals surface area contributed by atoms with Gasteiger partial charge in [-0.15, -0.1) is 11.3 Å². The lowest BCUT2D eigenvalue weighted by Gasteiger charge is -2.21. The minimum atomic E-state index is 0.209.